The van der Waals surface area contributed by atoms with Crippen molar-refractivity contribution in [3.63, 3.8) is 0 Å². The zero-order chi connectivity index (χ0) is 21.8. The number of aromatic hydroxyl groups is 1. The van der Waals surface area contributed by atoms with Crippen LogP contribution in [0.15, 0.2) is 58.5 Å². The van der Waals surface area contributed by atoms with E-state index in [0.29, 0.717) is 23.5 Å². The van der Waals surface area contributed by atoms with Crippen molar-refractivity contribution < 1.29 is 13.5 Å². The maximum atomic E-state index is 12.7. The number of nitrogens with one attached hydrogen (secondary N) is 1. The summed E-state index contributed by atoms with van der Waals surface area (Å²) in [6.07, 6.45) is 8.28. The molecule has 0 aromatic heterocycles. The molecule has 0 aliphatic heterocycles. The van der Waals surface area contributed by atoms with E-state index in [4.69, 9.17) is 0 Å². The van der Waals surface area contributed by atoms with Crippen LogP contribution in [0.25, 0.3) is 6.08 Å². The molecule has 0 bridgehead atoms. The van der Waals surface area contributed by atoms with Crippen molar-refractivity contribution in [2.24, 2.45) is 22.4 Å². The van der Waals surface area contributed by atoms with Gasteiger partial charge in [0.2, 0.25) is 0 Å². The Morgan fingerprint density at radius 2 is 1.90 bits per heavy atom. The lowest BCUT2D eigenvalue weighted by Crippen LogP contribution is -2.41. The van der Waals surface area contributed by atoms with Crippen LogP contribution < -0.4 is 4.83 Å². The molecule has 2 N–H and O–H groups in total. The number of allylic oxidation sites excluding steroid dienone is 1. The first kappa shape index (κ1) is 20.3. The maximum absolute atomic E-state index is 12.7. The number of phenols is 1. The van der Waals surface area contributed by atoms with Gasteiger partial charge < -0.3 is 5.11 Å². The molecule has 2 aromatic rings. The smallest absolute Gasteiger partial charge is 0.276 e. The first-order valence-electron chi connectivity index (χ1n) is 10.9. The van der Waals surface area contributed by atoms with Gasteiger partial charge in [-0.25, -0.2) is 4.83 Å². The Balaban J connectivity index is 1.40. The summed E-state index contributed by atoms with van der Waals surface area (Å²) in [7, 11) is -3.67. The predicted molar refractivity (Wildman–Crippen MR) is 122 cm³/mol. The maximum Gasteiger partial charge on any atom is 0.276 e. The fourth-order valence-electron chi connectivity index (χ4n) is 5.94. The molecule has 0 unspecified atom stereocenters. The summed E-state index contributed by atoms with van der Waals surface area (Å²) >= 11 is 0. The van der Waals surface area contributed by atoms with Crippen LogP contribution in [0.1, 0.15) is 55.2 Å². The molecule has 6 heteroatoms. The molecular weight excluding hydrogens is 408 g/mol. The van der Waals surface area contributed by atoms with Gasteiger partial charge in [-0.1, -0.05) is 42.8 Å². The minimum Gasteiger partial charge on any atom is -0.508 e. The molecule has 2 fully saturated rings. The van der Waals surface area contributed by atoms with Crippen LogP contribution in [0.3, 0.4) is 0 Å². The van der Waals surface area contributed by atoms with Gasteiger partial charge in [-0.15, -0.1) is 0 Å². The van der Waals surface area contributed by atoms with Crippen molar-refractivity contribution >= 4 is 21.8 Å². The third-order valence-corrected chi connectivity index (χ3v) is 8.90. The van der Waals surface area contributed by atoms with Crippen LogP contribution in [0.5, 0.6) is 5.75 Å². The van der Waals surface area contributed by atoms with Crippen LogP contribution in [0, 0.1) is 24.2 Å². The van der Waals surface area contributed by atoms with Gasteiger partial charge >= 0.3 is 0 Å². The number of hydrogen-bond donors (Lipinski definition) is 2. The number of aryl methyl sites for hydroxylation is 1. The summed E-state index contributed by atoms with van der Waals surface area (Å²) in [6.45, 7) is 4.18. The molecule has 0 heterocycles. The predicted octanol–water partition coefficient (Wildman–Crippen LogP) is 4.97. The topological polar surface area (TPSA) is 78.8 Å². The van der Waals surface area contributed by atoms with E-state index >= 15 is 0 Å². The highest BCUT2D eigenvalue weighted by Crippen LogP contribution is 2.59. The fraction of sp³-hybridized carbons (Fsp3) is 0.400. The molecular formula is C25H28N2O3S. The fourth-order valence-corrected chi connectivity index (χ4v) is 6.77. The van der Waals surface area contributed by atoms with E-state index in [1.54, 1.807) is 30.3 Å². The zero-order valence-electron chi connectivity index (χ0n) is 17.9. The van der Waals surface area contributed by atoms with Gasteiger partial charge in [0.15, 0.2) is 0 Å². The summed E-state index contributed by atoms with van der Waals surface area (Å²) in [5.41, 5.74) is 4.32. The highest BCUT2D eigenvalue weighted by Gasteiger charge is 2.52. The van der Waals surface area contributed by atoms with E-state index in [0.717, 1.165) is 42.5 Å². The van der Waals surface area contributed by atoms with Gasteiger partial charge in [0.05, 0.1) is 4.90 Å². The molecule has 31 heavy (non-hydrogen) atoms. The first-order chi connectivity index (χ1) is 14.8. The number of hydrogen-bond acceptors (Lipinski definition) is 4. The molecule has 3 aliphatic rings. The van der Waals surface area contributed by atoms with Gasteiger partial charge in [-0.2, -0.15) is 13.5 Å². The lowest BCUT2D eigenvalue weighted by atomic mass is 9.57. The quantitative estimate of drug-likeness (QED) is 0.667. The van der Waals surface area contributed by atoms with Gasteiger partial charge in [-0.05, 0) is 85.8 Å². The Morgan fingerprint density at radius 3 is 2.68 bits per heavy atom. The summed E-state index contributed by atoms with van der Waals surface area (Å²) in [4.78, 5) is 2.74. The Bertz CT molecular complexity index is 1180. The molecule has 0 saturated heterocycles. The lowest BCUT2D eigenvalue weighted by molar-refractivity contribution is 0.139. The highest BCUT2D eigenvalue weighted by molar-refractivity contribution is 7.89. The number of rotatable bonds is 3. The number of hydrazone groups is 1. The molecule has 3 aliphatic carbocycles. The standard InChI is InChI=1S/C25H28N2O3S/c1-16-3-7-19(8-4-16)31(29,30)27-26-24-12-11-23-22-9-5-17-15-18(28)6-10-20(17)21(22)13-14-25(23,24)2/h3-10,15,21-23,27-28H,11-14H2,1-2H3/t21-,22-,23+,25+/m1/s1. The van der Waals surface area contributed by atoms with E-state index in [-0.39, 0.29) is 10.3 Å². The lowest BCUT2D eigenvalue weighted by Gasteiger charge is -2.47. The van der Waals surface area contributed by atoms with Crippen LogP contribution in [0.4, 0.5) is 0 Å². The summed E-state index contributed by atoms with van der Waals surface area (Å²) in [5, 5.41) is 14.3. The second kappa shape index (κ2) is 7.23. The number of nitrogens with zero attached hydrogens (tertiary/aromatic N) is 1. The molecule has 0 radical (unpaired) electrons. The Kier molecular flexibility index (Phi) is 4.74. The minimum atomic E-state index is -3.67. The molecule has 4 atom stereocenters. The Hall–Kier alpha value is -2.60. The van der Waals surface area contributed by atoms with Gasteiger partial charge in [0.25, 0.3) is 10.0 Å². The normalized spacial score (nSPS) is 30.5. The van der Waals surface area contributed by atoms with Gasteiger partial charge in [0, 0.05) is 11.1 Å². The molecule has 5 nitrogen and oxygen atoms in total. The summed E-state index contributed by atoms with van der Waals surface area (Å²) < 4.78 is 25.4. The Labute approximate surface area is 183 Å². The van der Waals surface area contributed by atoms with Crippen molar-refractivity contribution in [1.82, 2.24) is 4.83 Å². The van der Waals surface area contributed by atoms with Crippen LogP contribution in [-0.2, 0) is 10.0 Å². The molecule has 0 amide bonds. The molecule has 2 aromatic carbocycles. The Morgan fingerprint density at radius 1 is 1.13 bits per heavy atom. The zero-order valence-corrected chi connectivity index (χ0v) is 18.7. The molecule has 2 saturated carbocycles. The van der Waals surface area contributed by atoms with Crippen LogP contribution in [-0.4, -0.2) is 19.2 Å². The second-order valence-electron chi connectivity index (χ2n) is 9.42. The monoisotopic (exact) mass is 436 g/mol. The largest absolute Gasteiger partial charge is 0.508 e. The van der Waals surface area contributed by atoms with Crippen molar-refractivity contribution in [2.75, 3.05) is 0 Å². The summed E-state index contributed by atoms with van der Waals surface area (Å²) in [5.74, 6) is 1.60. The van der Waals surface area contributed by atoms with E-state index in [1.165, 1.54) is 5.56 Å². The third kappa shape index (κ3) is 3.37. The number of fused-ring (bicyclic) bond motifs is 5. The molecule has 5 rings (SSSR count). The van der Waals surface area contributed by atoms with E-state index in [1.807, 2.05) is 13.0 Å². The van der Waals surface area contributed by atoms with Crippen LogP contribution >= 0.6 is 0 Å². The molecule has 0 spiro atoms. The van der Waals surface area contributed by atoms with Gasteiger partial charge in [0.1, 0.15) is 5.75 Å². The van der Waals surface area contributed by atoms with Crippen LogP contribution in [0.2, 0.25) is 0 Å². The SMILES string of the molecule is Cc1ccc(S(=O)(=O)NN=C2CC[C@H]3[C@@H]4C=Cc5cc(O)ccc5[C@H]4CC[C@]23C)cc1. The highest BCUT2D eigenvalue weighted by atomic mass is 32.2. The summed E-state index contributed by atoms with van der Waals surface area (Å²) in [6, 6.07) is 12.5. The van der Waals surface area contributed by atoms with Crippen molar-refractivity contribution in [3.05, 3.63) is 65.2 Å². The van der Waals surface area contributed by atoms with E-state index in [2.05, 4.69) is 35.1 Å². The average molecular weight is 437 g/mol. The number of phenolic OH excluding ortho intramolecular Hbond substituents is 1. The number of sulfonamides is 1. The van der Waals surface area contributed by atoms with Crippen molar-refractivity contribution in [1.29, 1.82) is 0 Å². The van der Waals surface area contributed by atoms with Gasteiger partial charge in [-0.3, -0.25) is 0 Å². The van der Waals surface area contributed by atoms with E-state index in [9.17, 15) is 13.5 Å². The third-order valence-electron chi connectivity index (χ3n) is 7.67. The molecule has 162 valence electrons. The second-order valence-corrected chi connectivity index (χ2v) is 11.1. The first-order valence-corrected chi connectivity index (χ1v) is 12.4. The minimum absolute atomic E-state index is 0.101. The van der Waals surface area contributed by atoms with E-state index < -0.39 is 10.0 Å². The van der Waals surface area contributed by atoms with Crippen molar-refractivity contribution in [3.8, 4) is 5.75 Å². The number of benzene rings is 2. The average Bonchev–Trinajstić information content (AvgIpc) is 3.08. The van der Waals surface area contributed by atoms with Crippen molar-refractivity contribution in [2.45, 2.75) is 50.3 Å².